The number of carboxylic acids is 1. The van der Waals surface area contributed by atoms with Crippen LogP contribution in [0.5, 0.6) is 0 Å². The van der Waals surface area contributed by atoms with E-state index in [9.17, 15) is 38.7 Å². The molecule has 0 bridgehead atoms. The van der Waals surface area contributed by atoms with Crippen LogP contribution in [0.2, 0.25) is 0 Å². The number of hydrogen-bond acceptors (Lipinski definition) is 7. The number of carboxylic acid groups (broad SMARTS) is 1. The SMILES string of the molecule is CCC(C)[C@H](NC(=O)N[C@H]1CCCCNC(=O)[C@H](Cc2ccccc2)NC(=O)[C@H](Cc2c[nH]c3ccccc23)N(C)C(=O)[C@H](CC(C)C)NC(=O)[C@H](C(C)CC)NC1=O)C(=O)O. The molecule has 1 aliphatic heterocycles. The number of para-hydroxylation sites is 1. The molecule has 62 heavy (non-hydrogen) atoms. The Morgan fingerprint density at radius 3 is 2.15 bits per heavy atom. The van der Waals surface area contributed by atoms with Crippen molar-refractivity contribution in [3.05, 3.63) is 71.9 Å². The number of aromatic nitrogens is 1. The summed E-state index contributed by atoms with van der Waals surface area (Å²) in [6.45, 7) is 11.1. The summed E-state index contributed by atoms with van der Waals surface area (Å²) in [4.78, 5) is 102. The van der Waals surface area contributed by atoms with Crippen LogP contribution in [-0.4, -0.2) is 106 Å². The number of aliphatic carboxylic acids is 1. The summed E-state index contributed by atoms with van der Waals surface area (Å²) in [5.74, 6) is -4.91. The van der Waals surface area contributed by atoms with E-state index >= 15 is 0 Å². The van der Waals surface area contributed by atoms with Gasteiger partial charge in [0.1, 0.15) is 36.3 Å². The average molecular weight is 859 g/mol. The summed E-state index contributed by atoms with van der Waals surface area (Å²) in [7, 11) is 1.51. The zero-order valence-electron chi connectivity index (χ0n) is 37.1. The molecule has 1 fully saturated rings. The summed E-state index contributed by atoms with van der Waals surface area (Å²) in [6.07, 6.45) is 4.03. The minimum atomic E-state index is -1.22. The summed E-state index contributed by atoms with van der Waals surface area (Å²) >= 11 is 0. The molecule has 8 N–H and O–H groups in total. The van der Waals surface area contributed by atoms with Crippen molar-refractivity contribution < 1.29 is 38.7 Å². The van der Waals surface area contributed by atoms with E-state index in [1.807, 2.05) is 75.4 Å². The van der Waals surface area contributed by atoms with Crippen molar-refractivity contribution in [3.63, 3.8) is 0 Å². The molecule has 4 rings (SSSR count). The van der Waals surface area contributed by atoms with Crippen LogP contribution in [0.15, 0.2) is 60.8 Å². The number of likely N-dealkylation sites (N-methyl/N-ethyl adjacent to an activating group) is 1. The first-order valence-electron chi connectivity index (χ1n) is 21.9. The second-order valence-corrected chi connectivity index (χ2v) is 17.0. The second-order valence-electron chi connectivity index (χ2n) is 17.0. The lowest BCUT2D eigenvalue weighted by atomic mass is 9.95. The van der Waals surface area contributed by atoms with Crippen molar-refractivity contribution in [2.45, 2.75) is 129 Å². The maximum Gasteiger partial charge on any atom is 0.326 e. The number of carbonyl (C=O) groups excluding carboxylic acids is 6. The number of H-pyrrole nitrogens is 1. The summed E-state index contributed by atoms with van der Waals surface area (Å²) in [6, 6.07) is 9.25. The Balaban J connectivity index is 1.75. The molecular formula is C46H66N8O8. The Morgan fingerprint density at radius 1 is 0.806 bits per heavy atom. The first-order chi connectivity index (χ1) is 29.5. The average Bonchev–Trinajstić information content (AvgIpc) is 3.66. The van der Waals surface area contributed by atoms with Crippen LogP contribution in [0.1, 0.15) is 91.2 Å². The number of aromatic amines is 1. The van der Waals surface area contributed by atoms with Gasteiger partial charge < -0.3 is 46.9 Å². The third-order valence-corrected chi connectivity index (χ3v) is 11.8. The number of fused-ring (bicyclic) bond motifs is 1. The molecule has 8 atom stereocenters. The largest absolute Gasteiger partial charge is 0.480 e. The predicted octanol–water partition coefficient (Wildman–Crippen LogP) is 3.79. The van der Waals surface area contributed by atoms with Crippen LogP contribution < -0.4 is 31.9 Å². The highest BCUT2D eigenvalue weighted by Gasteiger charge is 2.38. The fourth-order valence-electron chi connectivity index (χ4n) is 7.65. The van der Waals surface area contributed by atoms with E-state index in [2.05, 4.69) is 36.9 Å². The molecule has 1 aromatic heterocycles. The zero-order valence-corrected chi connectivity index (χ0v) is 37.1. The van der Waals surface area contributed by atoms with E-state index in [0.29, 0.717) is 25.7 Å². The lowest BCUT2D eigenvalue weighted by Gasteiger charge is -2.33. The van der Waals surface area contributed by atoms with Crippen molar-refractivity contribution in [2.24, 2.45) is 17.8 Å². The van der Waals surface area contributed by atoms with Gasteiger partial charge >= 0.3 is 12.0 Å². The number of benzene rings is 2. The first-order valence-corrected chi connectivity index (χ1v) is 21.9. The molecule has 1 aliphatic rings. The molecule has 7 amide bonds. The fourth-order valence-corrected chi connectivity index (χ4v) is 7.65. The van der Waals surface area contributed by atoms with Crippen LogP contribution in [0.25, 0.3) is 10.9 Å². The van der Waals surface area contributed by atoms with Crippen LogP contribution in [-0.2, 0) is 41.6 Å². The van der Waals surface area contributed by atoms with Crippen LogP contribution in [0, 0.1) is 17.8 Å². The molecule has 16 nitrogen and oxygen atoms in total. The van der Waals surface area contributed by atoms with Crippen LogP contribution >= 0.6 is 0 Å². The number of rotatable bonds is 13. The Hall–Kier alpha value is -5.93. The fraction of sp³-hybridized carbons (Fsp3) is 0.543. The van der Waals surface area contributed by atoms with Gasteiger partial charge in [0.25, 0.3) is 0 Å². The van der Waals surface area contributed by atoms with Gasteiger partial charge in [-0.2, -0.15) is 0 Å². The molecular weight excluding hydrogens is 793 g/mol. The van der Waals surface area contributed by atoms with E-state index in [4.69, 9.17) is 0 Å². The predicted molar refractivity (Wildman–Crippen MR) is 237 cm³/mol. The van der Waals surface area contributed by atoms with Gasteiger partial charge in [0.2, 0.25) is 29.5 Å². The standard InChI is InChI=1S/C46H66N8O8/c1-8-28(5)38-43(58)50-36(23-27(3)4)44(59)54(7)37(25-31-26-48-33-20-14-13-19-32(31)33)42(57)49-35(24-30-17-11-10-12-18-30)40(55)47-22-16-15-21-34(41(56)52-38)51-46(62)53-39(45(60)61)29(6)9-2/h10-14,17-20,26-29,34-39,48H,8-9,15-16,21-25H2,1-7H3,(H,47,55)(H,49,57)(H,50,58)(H,52,56)(H,60,61)(H2,51,53,62)/t28?,29?,34-,35-,36-,37-,38-,39-/m0/s1. The number of hydrogen-bond donors (Lipinski definition) is 8. The normalized spacial score (nSPS) is 22.8. The van der Waals surface area contributed by atoms with Gasteiger partial charge in [-0.15, -0.1) is 0 Å². The maximum atomic E-state index is 14.7. The quantitative estimate of drug-likeness (QED) is 0.126. The van der Waals surface area contributed by atoms with Crippen molar-refractivity contribution >= 4 is 52.4 Å². The highest BCUT2D eigenvalue weighted by molar-refractivity contribution is 5.97. The molecule has 2 heterocycles. The van der Waals surface area contributed by atoms with E-state index in [0.717, 1.165) is 22.0 Å². The van der Waals surface area contributed by atoms with Gasteiger partial charge in [0.15, 0.2) is 0 Å². The minimum absolute atomic E-state index is 0.0760. The van der Waals surface area contributed by atoms with E-state index in [-0.39, 0.29) is 38.1 Å². The summed E-state index contributed by atoms with van der Waals surface area (Å²) in [5.41, 5.74) is 2.43. The molecule has 0 radical (unpaired) electrons. The topological polar surface area (TPSA) is 231 Å². The lowest BCUT2D eigenvalue weighted by Crippen LogP contribution is -2.61. The highest BCUT2D eigenvalue weighted by Crippen LogP contribution is 2.22. The van der Waals surface area contributed by atoms with Crippen LogP contribution in [0.3, 0.4) is 0 Å². The maximum absolute atomic E-state index is 14.7. The second kappa shape index (κ2) is 23.3. The van der Waals surface area contributed by atoms with E-state index in [1.54, 1.807) is 27.0 Å². The molecule has 0 spiro atoms. The Morgan fingerprint density at radius 2 is 1.48 bits per heavy atom. The molecule has 2 aromatic carbocycles. The minimum Gasteiger partial charge on any atom is -0.480 e. The van der Waals surface area contributed by atoms with Crippen LogP contribution in [0.4, 0.5) is 4.79 Å². The first kappa shape index (κ1) is 48.7. The summed E-state index contributed by atoms with van der Waals surface area (Å²) in [5, 5.41) is 27.4. The van der Waals surface area contributed by atoms with Gasteiger partial charge in [-0.1, -0.05) is 103 Å². The van der Waals surface area contributed by atoms with Crippen molar-refractivity contribution in [3.8, 4) is 0 Å². The lowest BCUT2D eigenvalue weighted by molar-refractivity contribution is -0.143. The Kier molecular flexibility index (Phi) is 18.3. The van der Waals surface area contributed by atoms with Crippen molar-refractivity contribution in [1.29, 1.82) is 0 Å². The van der Waals surface area contributed by atoms with Gasteiger partial charge in [-0.05, 0) is 60.6 Å². The molecule has 338 valence electrons. The van der Waals surface area contributed by atoms with Gasteiger partial charge in [0, 0.05) is 43.5 Å². The smallest absolute Gasteiger partial charge is 0.326 e. The van der Waals surface area contributed by atoms with Gasteiger partial charge in [0.05, 0.1) is 0 Å². The Bertz CT molecular complexity index is 2000. The number of urea groups is 1. The molecule has 3 aromatic rings. The number of nitrogens with zero attached hydrogens (tertiary/aromatic N) is 1. The van der Waals surface area contributed by atoms with Crippen molar-refractivity contribution in [2.75, 3.05) is 13.6 Å². The number of nitrogens with one attached hydrogen (secondary N) is 7. The molecule has 1 saturated heterocycles. The number of carbonyl (C=O) groups is 7. The molecule has 0 saturated carbocycles. The number of amides is 7. The molecule has 0 aliphatic carbocycles. The molecule has 2 unspecified atom stereocenters. The third kappa shape index (κ3) is 13.5. The van der Waals surface area contributed by atoms with E-state index in [1.165, 1.54) is 11.9 Å². The summed E-state index contributed by atoms with van der Waals surface area (Å²) < 4.78 is 0. The zero-order chi connectivity index (χ0) is 45.5. The monoisotopic (exact) mass is 859 g/mol. The van der Waals surface area contributed by atoms with E-state index < -0.39 is 89.6 Å². The highest BCUT2D eigenvalue weighted by atomic mass is 16.4. The van der Waals surface area contributed by atoms with Crippen molar-refractivity contribution in [1.82, 2.24) is 41.8 Å². The van der Waals surface area contributed by atoms with Gasteiger partial charge in [-0.3, -0.25) is 24.0 Å². The third-order valence-electron chi connectivity index (χ3n) is 11.8. The van der Waals surface area contributed by atoms with Gasteiger partial charge in [-0.25, -0.2) is 9.59 Å². The Labute approximate surface area is 364 Å². The molecule has 16 heteroatoms.